The summed E-state index contributed by atoms with van der Waals surface area (Å²) in [6, 6.07) is 15.9. The third kappa shape index (κ3) is 5.75. The van der Waals surface area contributed by atoms with Crippen LogP contribution in [0.3, 0.4) is 0 Å². The quantitative estimate of drug-likeness (QED) is 0.816. The summed E-state index contributed by atoms with van der Waals surface area (Å²) in [5.74, 6) is 0.0153. The number of quaternary nitrogens is 1. The maximum absolute atomic E-state index is 12.1. The average Bonchev–Trinajstić information content (AvgIpc) is 2.93. The molecule has 0 atom stereocenters. The van der Waals surface area contributed by atoms with Gasteiger partial charge in [-0.1, -0.05) is 36.6 Å². The molecule has 0 saturated carbocycles. The number of hydrogen-bond acceptors (Lipinski definition) is 2. The zero-order valence-corrected chi connectivity index (χ0v) is 15.8. The number of rotatable bonds is 6. The number of benzene rings is 2. The van der Waals surface area contributed by atoms with Crippen molar-refractivity contribution in [3.8, 4) is 0 Å². The van der Waals surface area contributed by atoms with Crippen LogP contribution in [-0.4, -0.2) is 25.5 Å². The molecule has 3 N–H and O–H groups in total. The van der Waals surface area contributed by atoms with Gasteiger partial charge in [0, 0.05) is 35.1 Å². The van der Waals surface area contributed by atoms with E-state index in [0.717, 1.165) is 35.9 Å². The Morgan fingerprint density at radius 2 is 1.62 bits per heavy atom. The predicted molar refractivity (Wildman–Crippen MR) is 108 cm³/mol. The van der Waals surface area contributed by atoms with Crippen molar-refractivity contribution in [2.75, 3.05) is 29.9 Å². The van der Waals surface area contributed by atoms with Crippen LogP contribution in [-0.2, 0) is 11.3 Å². The van der Waals surface area contributed by atoms with Gasteiger partial charge in [0.05, 0.1) is 0 Å². The second-order valence-electron chi connectivity index (χ2n) is 6.82. The van der Waals surface area contributed by atoms with Gasteiger partial charge in [0.25, 0.3) is 5.91 Å². The summed E-state index contributed by atoms with van der Waals surface area (Å²) in [7, 11) is 0. The molecule has 0 bridgehead atoms. The molecule has 0 unspecified atom stereocenters. The Morgan fingerprint density at radius 1 is 0.962 bits per heavy atom. The molecule has 2 aromatic rings. The van der Waals surface area contributed by atoms with Crippen LogP contribution in [0, 0.1) is 0 Å². The Bertz CT molecular complexity index is 692. The van der Waals surface area contributed by atoms with E-state index < -0.39 is 0 Å². The lowest BCUT2D eigenvalue weighted by Gasteiger charge is -2.22. The minimum Gasteiger partial charge on any atom is -0.372 e. The maximum atomic E-state index is 12.1. The van der Waals surface area contributed by atoms with E-state index in [1.54, 1.807) is 0 Å². The third-order valence-corrected chi connectivity index (χ3v) is 5.00. The summed E-state index contributed by atoms with van der Waals surface area (Å²) in [6.07, 6.45) is 5.19. The third-order valence-electron chi connectivity index (χ3n) is 4.75. The number of halogens is 1. The van der Waals surface area contributed by atoms with Crippen molar-refractivity contribution >= 4 is 28.9 Å². The molecule has 2 aromatic carbocycles. The summed E-state index contributed by atoms with van der Waals surface area (Å²) in [5, 5.41) is 5.69. The van der Waals surface area contributed by atoms with Gasteiger partial charge in [0.1, 0.15) is 6.54 Å². The Morgan fingerprint density at radius 3 is 2.27 bits per heavy atom. The fourth-order valence-electron chi connectivity index (χ4n) is 3.29. The van der Waals surface area contributed by atoms with Crippen LogP contribution in [0.1, 0.15) is 31.2 Å². The number of nitrogens with one attached hydrogen (secondary N) is 1. The Balaban J connectivity index is 1.44. The minimum atomic E-state index is 0.0153. The van der Waals surface area contributed by atoms with Crippen molar-refractivity contribution in [1.82, 2.24) is 0 Å². The van der Waals surface area contributed by atoms with Gasteiger partial charge in [-0.15, -0.1) is 0 Å². The normalized spacial score (nSPS) is 14.7. The second-order valence-corrected chi connectivity index (χ2v) is 7.26. The number of anilines is 2. The molecule has 0 radical (unpaired) electrons. The monoisotopic (exact) mass is 372 g/mol. The van der Waals surface area contributed by atoms with Gasteiger partial charge < -0.3 is 15.5 Å². The highest BCUT2D eigenvalue weighted by Crippen LogP contribution is 2.21. The van der Waals surface area contributed by atoms with Crippen LogP contribution in [0.25, 0.3) is 0 Å². The molecule has 138 valence electrons. The van der Waals surface area contributed by atoms with Gasteiger partial charge >= 0.3 is 0 Å². The molecule has 0 spiro atoms. The Kier molecular flexibility index (Phi) is 6.92. The fourth-order valence-corrected chi connectivity index (χ4v) is 3.41. The van der Waals surface area contributed by atoms with E-state index in [0.29, 0.717) is 6.54 Å². The van der Waals surface area contributed by atoms with E-state index in [4.69, 9.17) is 11.6 Å². The van der Waals surface area contributed by atoms with Crippen molar-refractivity contribution < 1.29 is 10.1 Å². The predicted octanol–water partition coefficient (Wildman–Crippen LogP) is 3.42. The molecule has 1 saturated heterocycles. The lowest BCUT2D eigenvalue weighted by Crippen LogP contribution is -2.84. The van der Waals surface area contributed by atoms with E-state index >= 15 is 0 Å². The van der Waals surface area contributed by atoms with Crippen molar-refractivity contribution in [3.05, 3.63) is 59.1 Å². The number of amides is 1. The smallest absolute Gasteiger partial charge is 0.279 e. The zero-order chi connectivity index (χ0) is 18.2. The van der Waals surface area contributed by atoms with Crippen molar-refractivity contribution in [1.29, 1.82) is 0 Å². The van der Waals surface area contributed by atoms with Crippen molar-refractivity contribution in [2.45, 2.75) is 32.2 Å². The molecule has 1 amide bonds. The van der Waals surface area contributed by atoms with Crippen LogP contribution in [0.15, 0.2) is 48.5 Å². The summed E-state index contributed by atoms with van der Waals surface area (Å²) < 4.78 is 0. The van der Waals surface area contributed by atoms with Crippen LogP contribution in [0.2, 0.25) is 5.02 Å². The van der Waals surface area contributed by atoms with E-state index in [1.165, 1.54) is 31.4 Å². The maximum Gasteiger partial charge on any atom is 0.279 e. The summed E-state index contributed by atoms with van der Waals surface area (Å²) in [6.45, 7) is 3.42. The first-order valence-electron chi connectivity index (χ1n) is 9.42. The second kappa shape index (κ2) is 9.60. The number of carbonyl (C=O) groups is 1. The Labute approximate surface area is 160 Å². The van der Waals surface area contributed by atoms with Crippen molar-refractivity contribution in [2.24, 2.45) is 0 Å². The molecule has 0 aliphatic carbocycles. The van der Waals surface area contributed by atoms with Crippen LogP contribution in [0.4, 0.5) is 11.4 Å². The van der Waals surface area contributed by atoms with E-state index in [9.17, 15) is 4.79 Å². The highest BCUT2D eigenvalue weighted by Gasteiger charge is 2.10. The molecule has 5 heteroatoms. The number of carbonyl (C=O) groups excluding carboxylic acids is 1. The molecule has 1 heterocycles. The molecule has 1 aliphatic rings. The van der Waals surface area contributed by atoms with Crippen LogP contribution in [0.5, 0.6) is 0 Å². The van der Waals surface area contributed by atoms with Gasteiger partial charge in [-0.05, 0) is 49.2 Å². The van der Waals surface area contributed by atoms with Crippen LogP contribution < -0.4 is 15.5 Å². The molecule has 4 nitrogen and oxygen atoms in total. The topological polar surface area (TPSA) is 49.0 Å². The lowest BCUT2D eigenvalue weighted by molar-refractivity contribution is -0.659. The molecule has 0 aromatic heterocycles. The first-order valence-corrected chi connectivity index (χ1v) is 9.79. The van der Waals surface area contributed by atoms with E-state index in [2.05, 4.69) is 22.3 Å². The highest BCUT2D eigenvalue weighted by molar-refractivity contribution is 6.30. The fraction of sp³-hybridized carbons (Fsp3) is 0.381. The van der Waals surface area contributed by atoms with Crippen molar-refractivity contribution in [3.63, 3.8) is 0 Å². The summed E-state index contributed by atoms with van der Waals surface area (Å²) in [5.41, 5.74) is 3.26. The SMILES string of the molecule is O=C(C[NH2+]Cc1ccc(Cl)cc1)Nc1ccc(N2CCCCCC2)cc1. The Hall–Kier alpha value is -2.04. The first kappa shape index (κ1) is 18.7. The molecular formula is C21H27ClN3O+. The number of hydrogen-bond donors (Lipinski definition) is 2. The van der Waals surface area contributed by atoms with E-state index in [-0.39, 0.29) is 5.91 Å². The van der Waals surface area contributed by atoms with E-state index in [1.807, 2.05) is 41.7 Å². The molecule has 3 rings (SSSR count). The molecular weight excluding hydrogens is 346 g/mol. The molecule has 26 heavy (non-hydrogen) atoms. The summed E-state index contributed by atoms with van der Waals surface area (Å²) in [4.78, 5) is 14.6. The molecule has 1 aliphatic heterocycles. The van der Waals surface area contributed by atoms with Gasteiger partial charge in [0.15, 0.2) is 6.54 Å². The highest BCUT2D eigenvalue weighted by atomic mass is 35.5. The average molecular weight is 373 g/mol. The summed E-state index contributed by atoms with van der Waals surface area (Å²) >= 11 is 5.88. The largest absolute Gasteiger partial charge is 0.372 e. The number of nitrogens with two attached hydrogens (primary N) is 1. The zero-order valence-electron chi connectivity index (χ0n) is 15.1. The number of nitrogens with zero attached hydrogens (tertiary/aromatic N) is 1. The minimum absolute atomic E-state index is 0.0153. The van der Waals surface area contributed by atoms with Crippen LogP contribution >= 0.6 is 11.6 Å². The van der Waals surface area contributed by atoms with Gasteiger partial charge in [-0.25, -0.2) is 0 Å². The lowest BCUT2D eigenvalue weighted by atomic mass is 10.2. The molecule has 1 fully saturated rings. The van der Waals surface area contributed by atoms with Gasteiger partial charge in [-0.3, -0.25) is 4.79 Å². The first-order chi connectivity index (χ1) is 12.7. The van der Waals surface area contributed by atoms with Gasteiger partial charge in [-0.2, -0.15) is 0 Å². The van der Waals surface area contributed by atoms with Gasteiger partial charge in [0.2, 0.25) is 0 Å². The standard InChI is InChI=1S/C21H26ClN3O/c22-18-7-5-17(6-8-18)15-23-16-21(26)24-19-9-11-20(12-10-19)25-13-3-1-2-4-14-25/h5-12,23H,1-4,13-16H2,(H,24,26)/p+1.